The van der Waals surface area contributed by atoms with Crippen LogP contribution in [0.2, 0.25) is 0 Å². The summed E-state index contributed by atoms with van der Waals surface area (Å²) in [5, 5.41) is 20.3. The topological polar surface area (TPSA) is 83.8 Å². The van der Waals surface area contributed by atoms with Crippen LogP contribution in [0.4, 0.5) is 0 Å². The Morgan fingerprint density at radius 2 is 1.67 bits per heavy atom. The normalized spacial score (nSPS) is 13.3. The molecule has 1 aromatic carbocycles. The van der Waals surface area contributed by atoms with Gasteiger partial charge in [-0.05, 0) is 40.4 Å². The molecule has 0 aliphatic heterocycles. The minimum atomic E-state index is -1.34. The molecule has 0 heterocycles. The molecular formula is C22H34O5. The number of hydrogen-bond donors (Lipinski definition) is 2. The first-order chi connectivity index (χ1) is 12.3. The monoisotopic (exact) mass is 378 g/mol. The maximum Gasteiger partial charge on any atom is 0.320 e. The molecule has 1 atom stereocenters. The highest BCUT2D eigenvalue weighted by Crippen LogP contribution is 2.38. The molecule has 1 unspecified atom stereocenters. The van der Waals surface area contributed by atoms with Gasteiger partial charge in [0.05, 0.1) is 6.61 Å². The van der Waals surface area contributed by atoms with E-state index in [4.69, 9.17) is 4.74 Å². The summed E-state index contributed by atoms with van der Waals surface area (Å²) in [5.74, 6) is -3.28. The number of unbranched alkanes of at least 4 members (excludes halogenated alkanes) is 1. The van der Waals surface area contributed by atoms with Crippen molar-refractivity contribution in [3.05, 3.63) is 28.8 Å². The molecule has 1 aromatic rings. The zero-order valence-corrected chi connectivity index (χ0v) is 17.7. The van der Waals surface area contributed by atoms with Gasteiger partial charge in [0, 0.05) is 0 Å². The fourth-order valence-corrected chi connectivity index (χ4v) is 2.76. The zero-order valence-electron chi connectivity index (χ0n) is 17.7. The van der Waals surface area contributed by atoms with E-state index in [9.17, 15) is 19.8 Å². The van der Waals surface area contributed by atoms with Gasteiger partial charge in [-0.15, -0.1) is 0 Å². The molecule has 27 heavy (non-hydrogen) atoms. The van der Waals surface area contributed by atoms with Gasteiger partial charge in [-0.3, -0.25) is 9.59 Å². The van der Waals surface area contributed by atoms with Crippen molar-refractivity contribution >= 4 is 11.9 Å². The molecule has 0 saturated carbocycles. The van der Waals surface area contributed by atoms with Crippen LogP contribution in [0.25, 0.3) is 0 Å². The maximum absolute atomic E-state index is 12.3. The highest BCUT2D eigenvalue weighted by Gasteiger charge is 2.32. The maximum atomic E-state index is 12.3. The number of carboxylic acid groups (broad SMARTS) is 1. The Balaban J connectivity index is 3.33. The lowest BCUT2D eigenvalue weighted by Gasteiger charge is -2.28. The predicted octanol–water partition coefficient (Wildman–Crippen LogP) is 4.57. The minimum Gasteiger partial charge on any atom is -0.507 e. The second-order valence-electron chi connectivity index (χ2n) is 9.15. The van der Waals surface area contributed by atoms with Gasteiger partial charge in [0.2, 0.25) is 0 Å². The van der Waals surface area contributed by atoms with Crippen molar-refractivity contribution in [3.8, 4) is 5.75 Å². The largest absolute Gasteiger partial charge is 0.507 e. The van der Waals surface area contributed by atoms with Crippen LogP contribution in [0.5, 0.6) is 5.75 Å². The molecular weight excluding hydrogens is 344 g/mol. The van der Waals surface area contributed by atoms with Crippen LogP contribution in [0.15, 0.2) is 12.1 Å². The lowest BCUT2D eigenvalue weighted by molar-refractivity contribution is -0.158. The zero-order chi connectivity index (χ0) is 21.0. The molecule has 0 bridgehead atoms. The molecule has 5 nitrogen and oxygen atoms in total. The van der Waals surface area contributed by atoms with E-state index in [-0.39, 0.29) is 29.6 Å². The third kappa shape index (κ3) is 6.26. The number of phenolic OH excluding ortho intramolecular Hbond substituents is 1. The van der Waals surface area contributed by atoms with Crippen LogP contribution in [0.3, 0.4) is 0 Å². The van der Waals surface area contributed by atoms with Crippen molar-refractivity contribution in [1.82, 2.24) is 0 Å². The molecule has 2 N–H and O–H groups in total. The van der Waals surface area contributed by atoms with Crippen molar-refractivity contribution < 1.29 is 24.5 Å². The Kier molecular flexibility index (Phi) is 7.47. The van der Waals surface area contributed by atoms with Crippen LogP contribution in [0, 0.1) is 5.92 Å². The van der Waals surface area contributed by atoms with Crippen molar-refractivity contribution in [1.29, 1.82) is 0 Å². The Hall–Kier alpha value is -2.04. The first-order valence-electron chi connectivity index (χ1n) is 9.55. The first-order valence-corrected chi connectivity index (χ1v) is 9.55. The number of esters is 1. The summed E-state index contributed by atoms with van der Waals surface area (Å²) in [7, 11) is 0. The molecule has 0 aliphatic carbocycles. The SMILES string of the molecule is CCCCOC(=O)C(Cc1cc(C(C)(C)C)cc(C(C)(C)C)c1O)C(=O)O. The van der Waals surface area contributed by atoms with Gasteiger partial charge < -0.3 is 14.9 Å². The highest BCUT2D eigenvalue weighted by atomic mass is 16.5. The predicted molar refractivity (Wildman–Crippen MR) is 106 cm³/mol. The highest BCUT2D eigenvalue weighted by molar-refractivity contribution is 5.94. The summed E-state index contributed by atoms with van der Waals surface area (Å²) in [6.45, 7) is 14.3. The van der Waals surface area contributed by atoms with Crippen LogP contribution >= 0.6 is 0 Å². The van der Waals surface area contributed by atoms with Gasteiger partial charge in [-0.2, -0.15) is 0 Å². The van der Waals surface area contributed by atoms with Gasteiger partial charge in [-0.1, -0.05) is 67.0 Å². The van der Waals surface area contributed by atoms with E-state index in [1.807, 2.05) is 33.8 Å². The average Bonchev–Trinajstić information content (AvgIpc) is 2.51. The Morgan fingerprint density at radius 3 is 2.11 bits per heavy atom. The third-order valence-electron chi connectivity index (χ3n) is 4.61. The second kappa shape index (κ2) is 8.77. The molecule has 0 fully saturated rings. The van der Waals surface area contributed by atoms with E-state index < -0.39 is 17.9 Å². The number of hydrogen-bond acceptors (Lipinski definition) is 4. The van der Waals surface area contributed by atoms with Gasteiger partial charge in [0.1, 0.15) is 5.75 Å². The van der Waals surface area contributed by atoms with E-state index in [1.165, 1.54) is 0 Å². The number of phenols is 1. The molecule has 152 valence electrons. The summed E-state index contributed by atoms with van der Waals surface area (Å²) >= 11 is 0. The van der Waals surface area contributed by atoms with E-state index in [2.05, 4.69) is 20.8 Å². The first kappa shape index (κ1) is 23.0. The molecule has 0 aliphatic rings. The third-order valence-corrected chi connectivity index (χ3v) is 4.61. The summed E-state index contributed by atoms with van der Waals surface area (Å²) in [6, 6.07) is 3.77. The fraction of sp³-hybridized carbons (Fsp3) is 0.636. The van der Waals surface area contributed by atoms with Crippen LogP contribution in [-0.4, -0.2) is 28.8 Å². The number of carbonyl (C=O) groups excluding carboxylic acids is 1. The quantitative estimate of drug-likeness (QED) is 0.412. The van der Waals surface area contributed by atoms with E-state index >= 15 is 0 Å². The number of benzene rings is 1. The number of carbonyl (C=O) groups is 2. The van der Waals surface area contributed by atoms with Crippen LogP contribution < -0.4 is 0 Å². The van der Waals surface area contributed by atoms with Gasteiger partial charge in [-0.25, -0.2) is 0 Å². The molecule has 0 spiro atoms. The number of aliphatic carboxylic acids is 1. The summed E-state index contributed by atoms with van der Waals surface area (Å²) in [4.78, 5) is 23.9. The average molecular weight is 379 g/mol. The fourth-order valence-electron chi connectivity index (χ4n) is 2.76. The molecule has 0 amide bonds. The number of aromatic hydroxyl groups is 1. The molecule has 5 heteroatoms. The lowest BCUT2D eigenvalue weighted by atomic mass is 9.78. The Labute approximate surface area is 162 Å². The molecule has 0 saturated heterocycles. The van der Waals surface area contributed by atoms with E-state index in [0.29, 0.717) is 12.0 Å². The van der Waals surface area contributed by atoms with Crippen LogP contribution in [0.1, 0.15) is 78.0 Å². The summed E-state index contributed by atoms with van der Waals surface area (Å²) in [6.07, 6.45) is 1.45. The number of ether oxygens (including phenoxy) is 1. The minimum absolute atomic E-state index is 0.0584. The van der Waals surface area contributed by atoms with Gasteiger partial charge in [0.15, 0.2) is 5.92 Å². The van der Waals surface area contributed by atoms with Gasteiger partial charge >= 0.3 is 11.9 Å². The number of carboxylic acids is 1. The molecule has 0 aromatic heterocycles. The van der Waals surface area contributed by atoms with E-state index in [1.54, 1.807) is 6.07 Å². The summed E-state index contributed by atoms with van der Waals surface area (Å²) in [5.41, 5.74) is 1.70. The standard InChI is InChI=1S/C22H34O5/c1-8-9-10-27-20(26)16(19(24)25)12-14-11-15(21(2,3)4)13-17(18(14)23)22(5,6)7/h11,13,16,23H,8-10,12H2,1-7H3,(H,24,25). The van der Waals surface area contributed by atoms with Crippen molar-refractivity contribution in [3.63, 3.8) is 0 Å². The second-order valence-corrected chi connectivity index (χ2v) is 9.15. The van der Waals surface area contributed by atoms with Crippen molar-refractivity contribution in [2.75, 3.05) is 6.61 Å². The molecule has 0 radical (unpaired) electrons. The van der Waals surface area contributed by atoms with Gasteiger partial charge in [0.25, 0.3) is 0 Å². The number of rotatable bonds is 7. The Bertz CT molecular complexity index is 677. The lowest BCUT2D eigenvalue weighted by Crippen LogP contribution is -2.29. The Morgan fingerprint density at radius 1 is 1.07 bits per heavy atom. The van der Waals surface area contributed by atoms with Crippen molar-refractivity contribution in [2.24, 2.45) is 5.92 Å². The van der Waals surface area contributed by atoms with Crippen LogP contribution in [-0.2, 0) is 31.6 Å². The van der Waals surface area contributed by atoms with Crippen molar-refractivity contribution in [2.45, 2.75) is 78.6 Å². The smallest absolute Gasteiger partial charge is 0.320 e. The summed E-state index contributed by atoms with van der Waals surface area (Å²) < 4.78 is 5.11. The van der Waals surface area contributed by atoms with E-state index in [0.717, 1.165) is 17.5 Å². The molecule has 1 rings (SSSR count).